The van der Waals surface area contributed by atoms with E-state index in [0.717, 1.165) is 18.8 Å². The minimum atomic E-state index is 0.663. The lowest BCUT2D eigenvalue weighted by Gasteiger charge is -2.08. The molecule has 72 valence electrons. The molecule has 0 amide bonds. The lowest BCUT2D eigenvalue weighted by atomic mass is 10.2. The smallest absolute Gasteiger partial charge is 0.0555 e. The van der Waals surface area contributed by atoms with E-state index >= 15 is 0 Å². The molecule has 3 heteroatoms. The number of hydrazine groups is 1. The van der Waals surface area contributed by atoms with Crippen LogP contribution in [0.15, 0.2) is 24.4 Å². The second kappa shape index (κ2) is 5.67. The molecular weight excluding hydrogens is 162 g/mol. The Kier molecular flexibility index (Phi) is 4.43. The Morgan fingerprint density at radius 2 is 2.15 bits per heavy atom. The molecule has 1 aromatic heterocycles. The Balaban J connectivity index is 2.13. The van der Waals surface area contributed by atoms with Crippen LogP contribution >= 0.6 is 0 Å². The third-order valence-electron chi connectivity index (χ3n) is 1.63. The van der Waals surface area contributed by atoms with Gasteiger partial charge in [0.2, 0.25) is 0 Å². The van der Waals surface area contributed by atoms with Gasteiger partial charge in [0, 0.05) is 12.7 Å². The normalized spacial score (nSPS) is 10.7. The summed E-state index contributed by atoms with van der Waals surface area (Å²) in [7, 11) is 0. The highest BCUT2D eigenvalue weighted by Gasteiger charge is 1.93. The van der Waals surface area contributed by atoms with Crippen LogP contribution in [0.5, 0.6) is 0 Å². The SMILES string of the molecule is CC(C)CNNCc1ccccn1. The van der Waals surface area contributed by atoms with Crippen molar-refractivity contribution in [1.82, 2.24) is 15.8 Å². The molecule has 1 rings (SSSR count). The molecule has 0 saturated carbocycles. The first-order valence-corrected chi connectivity index (χ1v) is 4.64. The highest BCUT2D eigenvalue weighted by atomic mass is 15.3. The fraction of sp³-hybridized carbons (Fsp3) is 0.500. The van der Waals surface area contributed by atoms with Crippen molar-refractivity contribution in [3.05, 3.63) is 30.1 Å². The number of pyridine rings is 1. The van der Waals surface area contributed by atoms with Crippen molar-refractivity contribution in [2.45, 2.75) is 20.4 Å². The Labute approximate surface area is 79.5 Å². The lowest BCUT2D eigenvalue weighted by Crippen LogP contribution is -2.34. The summed E-state index contributed by atoms with van der Waals surface area (Å²) in [5.74, 6) is 0.663. The van der Waals surface area contributed by atoms with E-state index < -0.39 is 0 Å². The largest absolute Gasteiger partial charge is 0.260 e. The van der Waals surface area contributed by atoms with Crippen LogP contribution in [0.4, 0.5) is 0 Å². The molecule has 2 N–H and O–H groups in total. The number of aromatic nitrogens is 1. The lowest BCUT2D eigenvalue weighted by molar-refractivity contribution is 0.465. The van der Waals surface area contributed by atoms with Crippen LogP contribution in [0.25, 0.3) is 0 Å². The first kappa shape index (κ1) is 10.2. The predicted octanol–water partition coefficient (Wildman–Crippen LogP) is 1.33. The zero-order valence-electron chi connectivity index (χ0n) is 8.25. The topological polar surface area (TPSA) is 37.0 Å². The number of hydrogen-bond acceptors (Lipinski definition) is 3. The van der Waals surface area contributed by atoms with Gasteiger partial charge in [-0.2, -0.15) is 0 Å². The van der Waals surface area contributed by atoms with E-state index in [4.69, 9.17) is 0 Å². The van der Waals surface area contributed by atoms with E-state index in [9.17, 15) is 0 Å². The van der Waals surface area contributed by atoms with Gasteiger partial charge >= 0.3 is 0 Å². The van der Waals surface area contributed by atoms with Gasteiger partial charge in [0.15, 0.2) is 0 Å². The monoisotopic (exact) mass is 179 g/mol. The van der Waals surface area contributed by atoms with Crippen LogP contribution in [0.2, 0.25) is 0 Å². The molecule has 0 atom stereocenters. The summed E-state index contributed by atoms with van der Waals surface area (Å²) in [6, 6.07) is 5.92. The molecular formula is C10H17N3. The van der Waals surface area contributed by atoms with Crippen LogP contribution in [0.3, 0.4) is 0 Å². The van der Waals surface area contributed by atoms with Crippen LogP contribution in [0, 0.1) is 5.92 Å². The average Bonchev–Trinajstić information content (AvgIpc) is 2.14. The Hall–Kier alpha value is -0.930. The Morgan fingerprint density at radius 3 is 2.77 bits per heavy atom. The zero-order valence-corrected chi connectivity index (χ0v) is 8.25. The highest BCUT2D eigenvalue weighted by Crippen LogP contribution is 1.91. The first-order chi connectivity index (χ1) is 6.29. The molecule has 1 heterocycles. The summed E-state index contributed by atoms with van der Waals surface area (Å²) in [6.07, 6.45) is 1.81. The third kappa shape index (κ3) is 4.60. The fourth-order valence-electron chi connectivity index (χ4n) is 0.932. The maximum Gasteiger partial charge on any atom is 0.0555 e. The van der Waals surface area contributed by atoms with Crippen molar-refractivity contribution >= 4 is 0 Å². The fourth-order valence-corrected chi connectivity index (χ4v) is 0.932. The molecule has 0 fully saturated rings. The van der Waals surface area contributed by atoms with Crippen LogP contribution < -0.4 is 10.9 Å². The van der Waals surface area contributed by atoms with E-state index in [1.807, 2.05) is 18.2 Å². The molecule has 0 saturated heterocycles. The Morgan fingerprint density at radius 1 is 1.31 bits per heavy atom. The van der Waals surface area contributed by atoms with Gasteiger partial charge < -0.3 is 0 Å². The maximum absolute atomic E-state index is 4.19. The maximum atomic E-state index is 4.19. The summed E-state index contributed by atoms with van der Waals surface area (Å²) in [4.78, 5) is 4.19. The molecule has 0 spiro atoms. The molecule has 0 aliphatic heterocycles. The van der Waals surface area contributed by atoms with Crippen molar-refractivity contribution in [2.75, 3.05) is 6.54 Å². The average molecular weight is 179 g/mol. The molecule has 0 aromatic carbocycles. The third-order valence-corrected chi connectivity index (χ3v) is 1.63. The van der Waals surface area contributed by atoms with E-state index in [1.54, 1.807) is 6.20 Å². The summed E-state index contributed by atoms with van der Waals surface area (Å²) in [6.45, 7) is 6.10. The van der Waals surface area contributed by atoms with Crippen LogP contribution in [-0.2, 0) is 6.54 Å². The molecule has 13 heavy (non-hydrogen) atoms. The standard InChI is InChI=1S/C10H17N3/c1-9(2)7-12-13-8-10-5-3-4-6-11-10/h3-6,9,12-13H,7-8H2,1-2H3. The van der Waals surface area contributed by atoms with Gasteiger partial charge in [0.1, 0.15) is 0 Å². The first-order valence-electron chi connectivity index (χ1n) is 4.64. The van der Waals surface area contributed by atoms with Crippen LogP contribution in [0.1, 0.15) is 19.5 Å². The number of nitrogens with one attached hydrogen (secondary N) is 2. The van der Waals surface area contributed by atoms with Crippen LogP contribution in [-0.4, -0.2) is 11.5 Å². The summed E-state index contributed by atoms with van der Waals surface area (Å²) >= 11 is 0. The van der Waals surface area contributed by atoms with Gasteiger partial charge in [-0.15, -0.1) is 0 Å². The van der Waals surface area contributed by atoms with E-state index in [-0.39, 0.29) is 0 Å². The quantitative estimate of drug-likeness (QED) is 0.529. The molecule has 0 aliphatic carbocycles. The highest BCUT2D eigenvalue weighted by molar-refractivity contribution is 5.02. The predicted molar refractivity (Wildman–Crippen MR) is 53.9 cm³/mol. The van der Waals surface area contributed by atoms with E-state index in [0.29, 0.717) is 5.92 Å². The minimum Gasteiger partial charge on any atom is -0.260 e. The summed E-state index contributed by atoms with van der Waals surface area (Å²) in [5.41, 5.74) is 7.32. The van der Waals surface area contributed by atoms with Gasteiger partial charge in [-0.25, -0.2) is 0 Å². The Bertz CT molecular complexity index is 221. The van der Waals surface area contributed by atoms with Crippen molar-refractivity contribution in [3.8, 4) is 0 Å². The van der Waals surface area contributed by atoms with E-state index in [2.05, 4.69) is 29.7 Å². The molecule has 3 nitrogen and oxygen atoms in total. The van der Waals surface area contributed by atoms with Crippen molar-refractivity contribution in [3.63, 3.8) is 0 Å². The van der Waals surface area contributed by atoms with Gasteiger partial charge in [0.05, 0.1) is 12.2 Å². The van der Waals surface area contributed by atoms with E-state index in [1.165, 1.54) is 0 Å². The second-order valence-corrected chi connectivity index (χ2v) is 3.45. The minimum absolute atomic E-state index is 0.663. The molecule has 1 aromatic rings. The van der Waals surface area contributed by atoms with Gasteiger partial charge in [-0.3, -0.25) is 15.8 Å². The van der Waals surface area contributed by atoms with Gasteiger partial charge in [-0.1, -0.05) is 19.9 Å². The van der Waals surface area contributed by atoms with Crippen molar-refractivity contribution in [2.24, 2.45) is 5.92 Å². The number of hydrogen-bond donors (Lipinski definition) is 2. The van der Waals surface area contributed by atoms with Crippen molar-refractivity contribution in [1.29, 1.82) is 0 Å². The second-order valence-electron chi connectivity index (χ2n) is 3.45. The van der Waals surface area contributed by atoms with Gasteiger partial charge in [0.25, 0.3) is 0 Å². The molecule has 0 bridgehead atoms. The summed E-state index contributed by atoms with van der Waals surface area (Å²) in [5, 5.41) is 0. The molecule has 0 radical (unpaired) electrons. The summed E-state index contributed by atoms with van der Waals surface area (Å²) < 4.78 is 0. The zero-order chi connectivity index (χ0) is 9.52. The molecule has 0 unspecified atom stereocenters. The molecule has 0 aliphatic rings. The van der Waals surface area contributed by atoms with Crippen molar-refractivity contribution < 1.29 is 0 Å². The number of nitrogens with zero attached hydrogens (tertiary/aromatic N) is 1. The number of rotatable bonds is 5. The van der Waals surface area contributed by atoms with Gasteiger partial charge in [-0.05, 0) is 18.1 Å².